The Morgan fingerprint density at radius 1 is 1.19 bits per heavy atom. The molecule has 0 aliphatic heterocycles. The molecule has 0 aliphatic rings. The van der Waals surface area contributed by atoms with Crippen molar-refractivity contribution in [2.24, 2.45) is 0 Å². The molecule has 0 saturated carbocycles. The standard InChI is InChI=1S/C15H14N4O2/c1-9(2)14-18-19-15(21-14)13(20)17-11-7-3-5-10-6-4-8-16-12(10)11/h3-9H,1-2H3,(H,17,20). The highest BCUT2D eigenvalue weighted by Gasteiger charge is 2.17. The molecule has 0 radical (unpaired) electrons. The zero-order valence-corrected chi connectivity index (χ0v) is 11.7. The van der Waals surface area contributed by atoms with Crippen molar-refractivity contribution in [2.75, 3.05) is 5.32 Å². The van der Waals surface area contributed by atoms with Crippen LogP contribution in [-0.2, 0) is 0 Å². The van der Waals surface area contributed by atoms with Crippen LogP contribution in [0.15, 0.2) is 40.9 Å². The molecule has 6 heteroatoms. The number of amides is 1. The van der Waals surface area contributed by atoms with Gasteiger partial charge in [0.05, 0.1) is 11.2 Å². The normalized spacial score (nSPS) is 11.0. The number of carbonyl (C=O) groups is 1. The molecule has 0 saturated heterocycles. The SMILES string of the molecule is CC(C)c1nnc(C(=O)Nc2cccc3cccnc23)o1. The first-order chi connectivity index (χ1) is 10.1. The summed E-state index contributed by atoms with van der Waals surface area (Å²) in [6.07, 6.45) is 1.68. The summed E-state index contributed by atoms with van der Waals surface area (Å²) < 4.78 is 5.34. The minimum absolute atomic E-state index is 0.0494. The molecule has 0 fully saturated rings. The van der Waals surface area contributed by atoms with Gasteiger partial charge < -0.3 is 9.73 Å². The number of nitrogens with zero attached hydrogens (tertiary/aromatic N) is 3. The predicted molar refractivity (Wildman–Crippen MR) is 78.1 cm³/mol. The van der Waals surface area contributed by atoms with E-state index >= 15 is 0 Å². The monoisotopic (exact) mass is 282 g/mol. The number of hydrogen-bond acceptors (Lipinski definition) is 5. The van der Waals surface area contributed by atoms with Crippen LogP contribution in [0.2, 0.25) is 0 Å². The van der Waals surface area contributed by atoms with Crippen molar-refractivity contribution in [3.05, 3.63) is 48.3 Å². The Morgan fingerprint density at radius 2 is 2.00 bits per heavy atom. The van der Waals surface area contributed by atoms with E-state index in [0.29, 0.717) is 11.6 Å². The number of anilines is 1. The average Bonchev–Trinajstić information content (AvgIpc) is 2.98. The van der Waals surface area contributed by atoms with E-state index in [-0.39, 0.29) is 11.8 Å². The van der Waals surface area contributed by atoms with Crippen molar-refractivity contribution in [1.29, 1.82) is 0 Å². The third-order valence-corrected chi connectivity index (χ3v) is 3.01. The quantitative estimate of drug-likeness (QED) is 0.798. The number of hydrogen-bond donors (Lipinski definition) is 1. The topological polar surface area (TPSA) is 80.9 Å². The van der Waals surface area contributed by atoms with Gasteiger partial charge in [-0.2, -0.15) is 0 Å². The number of rotatable bonds is 3. The Labute approximate surface area is 121 Å². The summed E-state index contributed by atoms with van der Waals surface area (Å²) in [7, 11) is 0. The zero-order valence-electron chi connectivity index (χ0n) is 11.7. The molecule has 1 aromatic carbocycles. The first kappa shape index (κ1) is 13.2. The maximum atomic E-state index is 12.2. The highest BCUT2D eigenvalue weighted by atomic mass is 16.4. The van der Waals surface area contributed by atoms with Crippen LogP contribution in [0.5, 0.6) is 0 Å². The summed E-state index contributed by atoms with van der Waals surface area (Å²) >= 11 is 0. The molecular weight excluding hydrogens is 268 g/mol. The molecule has 1 amide bonds. The van der Waals surface area contributed by atoms with Gasteiger partial charge in [-0.05, 0) is 12.1 Å². The molecule has 3 aromatic rings. The van der Waals surface area contributed by atoms with E-state index in [9.17, 15) is 4.79 Å². The lowest BCUT2D eigenvalue weighted by atomic mass is 10.2. The second kappa shape index (κ2) is 5.32. The average molecular weight is 282 g/mol. The lowest BCUT2D eigenvalue weighted by molar-refractivity contribution is 0.0988. The van der Waals surface area contributed by atoms with Crippen molar-refractivity contribution >= 4 is 22.5 Å². The molecule has 2 aromatic heterocycles. The van der Waals surface area contributed by atoms with Crippen molar-refractivity contribution < 1.29 is 9.21 Å². The lowest BCUT2D eigenvalue weighted by Gasteiger charge is -2.05. The second-order valence-corrected chi connectivity index (χ2v) is 4.93. The van der Waals surface area contributed by atoms with Gasteiger partial charge in [0.25, 0.3) is 0 Å². The minimum atomic E-state index is -0.437. The van der Waals surface area contributed by atoms with Gasteiger partial charge >= 0.3 is 11.8 Å². The third kappa shape index (κ3) is 2.60. The zero-order chi connectivity index (χ0) is 14.8. The molecule has 6 nitrogen and oxygen atoms in total. The summed E-state index contributed by atoms with van der Waals surface area (Å²) in [5.41, 5.74) is 1.33. The van der Waals surface area contributed by atoms with Crippen molar-refractivity contribution in [1.82, 2.24) is 15.2 Å². The third-order valence-electron chi connectivity index (χ3n) is 3.01. The number of para-hydroxylation sites is 1. The number of benzene rings is 1. The first-order valence-corrected chi connectivity index (χ1v) is 6.63. The van der Waals surface area contributed by atoms with Crippen LogP contribution in [0.4, 0.5) is 5.69 Å². The molecule has 1 N–H and O–H groups in total. The van der Waals surface area contributed by atoms with Gasteiger partial charge in [0.1, 0.15) is 0 Å². The van der Waals surface area contributed by atoms with Gasteiger partial charge in [0.2, 0.25) is 5.89 Å². The van der Waals surface area contributed by atoms with Gasteiger partial charge in [-0.1, -0.05) is 32.0 Å². The van der Waals surface area contributed by atoms with Gasteiger partial charge in [0.15, 0.2) is 0 Å². The lowest BCUT2D eigenvalue weighted by Crippen LogP contribution is -2.12. The largest absolute Gasteiger partial charge is 0.417 e. The Balaban J connectivity index is 1.89. The maximum Gasteiger partial charge on any atom is 0.313 e. The molecule has 2 heterocycles. The van der Waals surface area contributed by atoms with E-state index in [1.54, 1.807) is 12.3 Å². The highest BCUT2D eigenvalue weighted by molar-refractivity contribution is 6.05. The van der Waals surface area contributed by atoms with Crippen molar-refractivity contribution in [3.8, 4) is 0 Å². The fourth-order valence-corrected chi connectivity index (χ4v) is 1.94. The molecule has 21 heavy (non-hydrogen) atoms. The van der Waals surface area contributed by atoms with Crippen LogP contribution >= 0.6 is 0 Å². The van der Waals surface area contributed by atoms with Gasteiger partial charge in [-0.15, -0.1) is 10.2 Å². The Morgan fingerprint density at radius 3 is 2.76 bits per heavy atom. The molecular formula is C15H14N4O2. The summed E-state index contributed by atoms with van der Waals surface area (Å²) in [6.45, 7) is 3.84. The predicted octanol–water partition coefficient (Wildman–Crippen LogP) is 2.99. The summed E-state index contributed by atoms with van der Waals surface area (Å²) in [5.74, 6) is 0.0358. The van der Waals surface area contributed by atoms with Gasteiger partial charge in [-0.25, -0.2) is 0 Å². The maximum absolute atomic E-state index is 12.2. The van der Waals surface area contributed by atoms with Crippen molar-refractivity contribution in [3.63, 3.8) is 0 Å². The highest BCUT2D eigenvalue weighted by Crippen LogP contribution is 2.21. The van der Waals surface area contributed by atoms with E-state index in [0.717, 1.165) is 10.9 Å². The van der Waals surface area contributed by atoms with E-state index in [1.807, 2.05) is 38.1 Å². The van der Waals surface area contributed by atoms with Crippen molar-refractivity contribution in [2.45, 2.75) is 19.8 Å². The van der Waals surface area contributed by atoms with E-state index < -0.39 is 5.91 Å². The number of nitrogens with one attached hydrogen (secondary N) is 1. The molecule has 0 aliphatic carbocycles. The van der Waals surface area contributed by atoms with Crippen LogP contribution in [0.3, 0.4) is 0 Å². The van der Waals surface area contributed by atoms with Crippen LogP contribution < -0.4 is 5.32 Å². The Hall–Kier alpha value is -2.76. The number of aromatic nitrogens is 3. The molecule has 0 spiro atoms. The molecule has 0 bridgehead atoms. The summed E-state index contributed by atoms with van der Waals surface area (Å²) in [5, 5.41) is 11.3. The second-order valence-electron chi connectivity index (χ2n) is 4.93. The van der Waals surface area contributed by atoms with Crippen LogP contribution in [0.25, 0.3) is 10.9 Å². The van der Waals surface area contributed by atoms with E-state index in [4.69, 9.17) is 4.42 Å². The van der Waals surface area contributed by atoms with E-state index in [2.05, 4.69) is 20.5 Å². The molecule has 106 valence electrons. The van der Waals surface area contributed by atoms with Gasteiger partial charge in [0, 0.05) is 17.5 Å². The Bertz CT molecular complexity index is 790. The Kier molecular flexibility index (Phi) is 3.35. The molecule has 0 atom stereocenters. The number of carbonyl (C=O) groups excluding carboxylic acids is 1. The van der Waals surface area contributed by atoms with Crippen LogP contribution in [0.1, 0.15) is 36.3 Å². The summed E-state index contributed by atoms with van der Waals surface area (Å²) in [6, 6.07) is 9.35. The first-order valence-electron chi connectivity index (χ1n) is 6.63. The fourth-order valence-electron chi connectivity index (χ4n) is 1.94. The summed E-state index contributed by atoms with van der Waals surface area (Å²) in [4.78, 5) is 16.4. The fraction of sp³-hybridized carbons (Fsp3) is 0.200. The molecule has 3 rings (SSSR count). The van der Waals surface area contributed by atoms with Crippen LogP contribution in [-0.4, -0.2) is 21.1 Å². The van der Waals surface area contributed by atoms with E-state index in [1.165, 1.54) is 0 Å². The number of pyridine rings is 1. The van der Waals surface area contributed by atoms with Gasteiger partial charge in [-0.3, -0.25) is 9.78 Å². The minimum Gasteiger partial charge on any atom is -0.417 e. The number of fused-ring (bicyclic) bond motifs is 1. The molecule has 0 unspecified atom stereocenters. The smallest absolute Gasteiger partial charge is 0.313 e. The van der Waals surface area contributed by atoms with Crippen LogP contribution in [0, 0.1) is 0 Å².